The maximum Gasteiger partial charge on any atom is 0.339 e. The van der Waals surface area contributed by atoms with Gasteiger partial charge in [0.1, 0.15) is 0 Å². The molecule has 0 unspecified atom stereocenters. The summed E-state index contributed by atoms with van der Waals surface area (Å²) in [6, 6.07) is 9.94. The first-order valence-corrected chi connectivity index (χ1v) is 7.84. The van der Waals surface area contributed by atoms with E-state index in [1.807, 2.05) is 12.1 Å². The second-order valence-electron chi connectivity index (χ2n) is 5.36. The Bertz CT molecular complexity index is 888. The Kier molecular flexibility index (Phi) is 4.22. The van der Waals surface area contributed by atoms with E-state index in [1.54, 1.807) is 37.3 Å². The Morgan fingerprint density at radius 2 is 1.75 bits per heavy atom. The summed E-state index contributed by atoms with van der Waals surface area (Å²) in [4.78, 5) is 11.8. The molecule has 0 aliphatic carbocycles. The van der Waals surface area contributed by atoms with Crippen LogP contribution in [-0.2, 0) is 0 Å². The molecule has 3 rings (SSSR count). The zero-order valence-corrected chi connectivity index (χ0v) is 14.3. The molecule has 1 aliphatic rings. The SMILES string of the molecule is CC1=Cc2cc(Cl)c(Cl)cc2C(c2ccc(N)cc2)=NN1C(N)=O. The molecule has 0 spiro atoms. The lowest BCUT2D eigenvalue weighted by Gasteiger charge is -2.15. The molecular weight excluding hydrogens is 347 g/mol. The molecule has 24 heavy (non-hydrogen) atoms. The number of benzene rings is 2. The quantitative estimate of drug-likeness (QED) is 0.750. The standard InChI is InChI=1S/C17H14Cl2N4O/c1-9-6-11-7-14(18)15(19)8-13(11)16(22-23(9)17(21)24)10-2-4-12(20)5-3-10/h2-8H,20H2,1H3,(H2,21,24). The van der Waals surface area contributed by atoms with E-state index in [9.17, 15) is 4.79 Å². The molecule has 1 aliphatic heterocycles. The summed E-state index contributed by atoms with van der Waals surface area (Å²) in [5, 5.41) is 6.40. The number of hydrazone groups is 1. The van der Waals surface area contributed by atoms with Crippen molar-refractivity contribution in [2.24, 2.45) is 10.8 Å². The third-order valence-corrected chi connectivity index (χ3v) is 4.36. The van der Waals surface area contributed by atoms with Crippen molar-refractivity contribution in [3.05, 3.63) is 68.8 Å². The molecule has 4 N–H and O–H groups in total. The van der Waals surface area contributed by atoms with Crippen molar-refractivity contribution in [1.29, 1.82) is 0 Å². The molecule has 2 aromatic carbocycles. The minimum Gasteiger partial charge on any atom is -0.399 e. The van der Waals surface area contributed by atoms with Gasteiger partial charge < -0.3 is 11.5 Å². The number of nitrogens with two attached hydrogens (primary N) is 2. The van der Waals surface area contributed by atoms with Crippen LogP contribution in [0.2, 0.25) is 10.0 Å². The number of urea groups is 1. The molecule has 2 aromatic rings. The van der Waals surface area contributed by atoms with Gasteiger partial charge in [-0.1, -0.05) is 35.3 Å². The Morgan fingerprint density at radius 3 is 2.38 bits per heavy atom. The molecule has 122 valence electrons. The van der Waals surface area contributed by atoms with Crippen LogP contribution in [0.4, 0.5) is 10.5 Å². The third-order valence-electron chi connectivity index (χ3n) is 3.64. The van der Waals surface area contributed by atoms with Gasteiger partial charge in [-0.15, -0.1) is 0 Å². The van der Waals surface area contributed by atoms with Gasteiger partial charge in [-0.25, -0.2) is 4.79 Å². The van der Waals surface area contributed by atoms with Crippen molar-refractivity contribution in [3.63, 3.8) is 0 Å². The van der Waals surface area contributed by atoms with Crippen molar-refractivity contribution >= 4 is 46.7 Å². The van der Waals surface area contributed by atoms with Crippen LogP contribution in [0.5, 0.6) is 0 Å². The van der Waals surface area contributed by atoms with Gasteiger partial charge in [-0.05, 0) is 42.8 Å². The first-order valence-electron chi connectivity index (χ1n) is 7.08. The number of carbonyl (C=O) groups excluding carboxylic acids is 1. The van der Waals surface area contributed by atoms with Gasteiger partial charge in [0.2, 0.25) is 0 Å². The number of amides is 2. The highest BCUT2D eigenvalue weighted by atomic mass is 35.5. The van der Waals surface area contributed by atoms with Crippen LogP contribution in [-0.4, -0.2) is 16.8 Å². The Labute approximate surface area is 149 Å². The normalized spacial score (nSPS) is 13.7. The summed E-state index contributed by atoms with van der Waals surface area (Å²) in [7, 11) is 0. The van der Waals surface area contributed by atoms with E-state index in [4.69, 9.17) is 34.7 Å². The highest BCUT2D eigenvalue weighted by Gasteiger charge is 2.22. The van der Waals surface area contributed by atoms with E-state index in [-0.39, 0.29) is 0 Å². The fourth-order valence-electron chi connectivity index (χ4n) is 2.48. The Hall–Kier alpha value is -2.50. The minimum atomic E-state index is -0.679. The summed E-state index contributed by atoms with van der Waals surface area (Å²) in [5.41, 5.74) is 15.3. The van der Waals surface area contributed by atoms with E-state index in [0.717, 1.165) is 21.7 Å². The van der Waals surface area contributed by atoms with Gasteiger partial charge in [-0.3, -0.25) is 0 Å². The van der Waals surface area contributed by atoms with Gasteiger partial charge >= 0.3 is 6.03 Å². The molecule has 0 saturated carbocycles. The summed E-state index contributed by atoms with van der Waals surface area (Å²) in [6.07, 6.45) is 1.79. The van der Waals surface area contributed by atoms with E-state index in [2.05, 4.69) is 5.10 Å². The number of nitrogen functional groups attached to an aromatic ring is 1. The molecule has 0 aromatic heterocycles. The zero-order chi connectivity index (χ0) is 17.4. The van der Waals surface area contributed by atoms with E-state index < -0.39 is 6.03 Å². The number of carbonyl (C=O) groups is 1. The number of hydrogen-bond donors (Lipinski definition) is 2. The van der Waals surface area contributed by atoms with Gasteiger partial charge in [0.25, 0.3) is 0 Å². The number of primary amides is 1. The lowest BCUT2D eigenvalue weighted by Crippen LogP contribution is -2.30. The molecule has 2 amide bonds. The van der Waals surface area contributed by atoms with Crippen molar-refractivity contribution in [2.75, 3.05) is 5.73 Å². The molecular formula is C17H14Cl2N4O. The summed E-state index contributed by atoms with van der Waals surface area (Å²) in [6.45, 7) is 1.74. The van der Waals surface area contributed by atoms with Crippen molar-refractivity contribution < 1.29 is 4.79 Å². The van der Waals surface area contributed by atoms with Crippen LogP contribution in [0.15, 0.2) is 47.2 Å². The smallest absolute Gasteiger partial charge is 0.339 e. The summed E-state index contributed by atoms with van der Waals surface area (Å²) >= 11 is 12.3. The molecule has 0 fully saturated rings. The monoisotopic (exact) mass is 360 g/mol. The molecule has 1 heterocycles. The number of hydrogen-bond acceptors (Lipinski definition) is 3. The maximum atomic E-state index is 11.8. The second kappa shape index (κ2) is 6.19. The van der Waals surface area contributed by atoms with Crippen molar-refractivity contribution in [2.45, 2.75) is 6.92 Å². The average Bonchev–Trinajstić information content (AvgIpc) is 2.65. The number of anilines is 1. The lowest BCUT2D eigenvalue weighted by atomic mass is 9.97. The number of rotatable bonds is 1. The summed E-state index contributed by atoms with van der Waals surface area (Å²) < 4.78 is 0. The first-order chi connectivity index (χ1) is 11.4. The molecule has 7 heteroatoms. The molecule has 5 nitrogen and oxygen atoms in total. The van der Waals surface area contributed by atoms with Gasteiger partial charge in [-0.2, -0.15) is 10.1 Å². The summed E-state index contributed by atoms with van der Waals surface area (Å²) in [5.74, 6) is 0. The molecule has 0 bridgehead atoms. The van der Waals surface area contributed by atoms with Crippen LogP contribution < -0.4 is 11.5 Å². The first kappa shape index (κ1) is 16.4. The van der Waals surface area contributed by atoms with E-state index in [1.165, 1.54) is 0 Å². The highest BCUT2D eigenvalue weighted by Crippen LogP contribution is 2.31. The Balaban J connectivity index is 2.29. The lowest BCUT2D eigenvalue weighted by molar-refractivity contribution is 0.223. The molecule has 0 radical (unpaired) electrons. The van der Waals surface area contributed by atoms with E-state index in [0.29, 0.717) is 27.1 Å². The maximum absolute atomic E-state index is 11.8. The Morgan fingerprint density at radius 1 is 1.12 bits per heavy atom. The highest BCUT2D eigenvalue weighted by molar-refractivity contribution is 6.42. The fourth-order valence-corrected chi connectivity index (χ4v) is 2.82. The molecule has 0 atom stereocenters. The second-order valence-corrected chi connectivity index (χ2v) is 6.17. The van der Waals surface area contributed by atoms with Gasteiger partial charge in [0.15, 0.2) is 0 Å². The van der Waals surface area contributed by atoms with Gasteiger partial charge in [0.05, 0.1) is 15.8 Å². The average molecular weight is 361 g/mol. The van der Waals surface area contributed by atoms with Crippen molar-refractivity contribution in [1.82, 2.24) is 5.01 Å². The van der Waals surface area contributed by atoms with Crippen LogP contribution >= 0.6 is 23.2 Å². The number of allylic oxidation sites excluding steroid dienone is 1. The predicted molar refractivity (Wildman–Crippen MR) is 98.0 cm³/mol. The minimum absolute atomic E-state index is 0.400. The number of fused-ring (bicyclic) bond motifs is 1. The third kappa shape index (κ3) is 2.96. The van der Waals surface area contributed by atoms with Crippen LogP contribution in [0, 0.1) is 0 Å². The van der Waals surface area contributed by atoms with Crippen LogP contribution in [0.1, 0.15) is 23.6 Å². The number of nitrogens with zero attached hydrogens (tertiary/aromatic N) is 2. The topological polar surface area (TPSA) is 84.7 Å². The zero-order valence-electron chi connectivity index (χ0n) is 12.8. The largest absolute Gasteiger partial charge is 0.399 e. The fraction of sp³-hybridized carbons (Fsp3) is 0.0588. The van der Waals surface area contributed by atoms with E-state index >= 15 is 0 Å². The van der Waals surface area contributed by atoms with Crippen LogP contribution in [0.3, 0.4) is 0 Å². The van der Waals surface area contributed by atoms with Crippen LogP contribution in [0.25, 0.3) is 6.08 Å². The van der Waals surface area contributed by atoms with Gasteiger partial charge in [0, 0.05) is 22.5 Å². The predicted octanol–water partition coefficient (Wildman–Crippen LogP) is 4.08. The number of halogens is 2. The van der Waals surface area contributed by atoms with Crippen molar-refractivity contribution in [3.8, 4) is 0 Å². The molecule has 0 saturated heterocycles.